The molecule has 1 N–H and O–H groups in total. The summed E-state index contributed by atoms with van der Waals surface area (Å²) < 4.78 is 0. The van der Waals surface area contributed by atoms with Crippen molar-refractivity contribution >= 4 is 23.6 Å². The second-order valence-corrected chi connectivity index (χ2v) is 4.49. The van der Waals surface area contributed by atoms with Gasteiger partial charge in [-0.1, -0.05) is 6.92 Å². The zero-order valence-electron chi connectivity index (χ0n) is 8.41. The first kappa shape index (κ1) is 11.5. The second-order valence-electron chi connectivity index (χ2n) is 3.09. The summed E-state index contributed by atoms with van der Waals surface area (Å²) in [5, 5.41) is 2.77. The predicted molar refractivity (Wildman–Crippen MR) is 57.2 cm³/mol. The number of hydrogen-bond donors (Lipinski definition) is 1. The minimum atomic E-state index is -0.0947. The molecular weight excluding hydrogens is 200 g/mol. The minimum absolute atomic E-state index is 0.0947. The number of carbonyl (C=O) groups is 2. The molecule has 5 heteroatoms. The molecule has 1 heterocycles. The lowest BCUT2D eigenvalue weighted by Crippen LogP contribution is -2.52. The van der Waals surface area contributed by atoms with Crippen LogP contribution in [0.1, 0.15) is 13.3 Å². The Morgan fingerprint density at radius 1 is 1.36 bits per heavy atom. The zero-order valence-corrected chi connectivity index (χ0v) is 9.23. The van der Waals surface area contributed by atoms with Crippen LogP contribution in [0.15, 0.2) is 0 Å². The van der Waals surface area contributed by atoms with Crippen molar-refractivity contribution in [3.8, 4) is 0 Å². The van der Waals surface area contributed by atoms with Crippen LogP contribution in [0.3, 0.4) is 0 Å². The highest BCUT2D eigenvalue weighted by Gasteiger charge is 2.24. The third-order valence-electron chi connectivity index (χ3n) is 2.03. The van der Waals surface area contributed by atoms with E-state index in [9.17, 15) is 9.59 Å². The molecule has 14 heavy (non-hydrogen) atoms. The Morgan fingerprint density at radius 3 is 2.57 bits per heavy atom. The van der Waals surface area contributed by atoms with Crippen molar-refractivity contribution in [2.75, 3.05) is 31.1 Å². The van der Waals surface area contributed by atoms with Gasteiger partial charge >= 0.3 is 0 Å². The van der Waals surface area contributed by atoms with E-state index in [2.05, 4.69) is 12.2 Å². The molecule has 0 bridgehead atoms. The van der Waals surface area contributed by atoms with Gasteiger partial charge in [0.25, 0.3) is 0 Å². The quantitative estimate of drug-likeness (QED) is 0.522. The minimum Gasteiger partial charge on any atom is -0.300 e. The van der Waals surface area contributed by atoms with Gasteiger partial charge in [0.2, 0.25) is 11.8 Å². The fourth-order valence-corrected chi connectivity index (χ4v) is 1.95. The van der Waals surface area contributed by atoms with Crippen molar-refractivity contribution in [3.05, 3.63) is 0 Å². The van der Waals surface area contributed by atoms with Crippen LogP contribution in [-0.2, 0) is 9.59 Å². The molecule has 1 saturated heterocycles. The van der Waals surface area contributed by atoms with Gasteiger partial charge in [-0.15, -0.1) is 0 Å². The highest BCUT2D eigenvalue weighted by Crippen LogP contribution is 2.04. The average molecular weight is 216 g/mol. The van der Waals surface area contributed by atoms with E-state index < -0.39 is 0 Å². The van der Waals surface area contributed by atoms with Gasteiger partial charge in [-0.25, -0.2) is 0 Å². The number of imide groups is 1. The van der Waals surface area contributed by atoms with Crippen molar-refractivity contribution in [2.24, 2.45) is 0 Å². The Morgan fingerprint density at radius 2 is 2.00 bits per heavy atom. The monoisotopic (exact) mass is 216 g/mol. The van der Waals surface area contributed by atoms with E-state index in [1.165, 1.54) is 4.90 Å². The van der Waals surface area contributed by atoms with Gasteiger partial charge in [-0.05, 0) is 17.9 Å². The van der Waals surface area contributed by atoms with E-state index in [4.69, 9.17) is 0 Å². The van der Waals surface area contributed by atoms with Crippen molar-refractivity contribution in [3.63, 3.8) is 0 Å². The molecular formula is C9H16N2O2S. The standard InChI is InChI=1S/C9H16N2O2S/c1-2-14-5-3-4-11-8(12)6-10-7-9(11)13/h10H,2-7H2,1H3. The Kier molecular flexibility index (Phi) is 4.97. The summed E-state index contributed by atoms with van der Waals surface area (Å²) in [6, 6.07) is 0. The molecule has 2 amide bonds. The summed E-state index contributed by atoms with van der Waals surface area (Å²) in [7, 11) is 0. The van der Waals surface area contributed by atoms with Crippen molar-refractivity contribution < 1.29 is 9.59 Å². The molecule has 0 saturated carbocycles. The number of piperazine rings is 1. The molecule has 4 nitrogen and oxygen atoms in total. The molecule has 0 spiro atoms. The van der Waals surface area contributed by atoms with Crippen molar-refractivity contribution in [1.29, 1.82) is 0 Å². The van der Waals surface area contributed by atoms with Crippen LogP contribution in [0.25, 0.3) is 0 Å². The molecule has 0 unspecified atom stereocenters. The number of carbonyl (C=O) groups excluding carboxylic acids is 2. The lowest BCUT2D eigenvalue weighted by atomic mass is 10.3. The summed E-state index contributed by atoms with van der Waals surface area (Å²) in [5.74, 6) is 1.91. The molecule has 0 atom stereocenters. The molecule has 1 aliphatic heterocycles. The van der Waals surface area contributed by atoms with Crippen molar-refractivity contribution in [1.82, 2.24) is 10.2 Å². The molecule has 0 aromatic heterocycles. The van der Waals surface area contributed by atoms with Gasteiger partial charge < -0.3 is 0 Å². The van der Waals surface area contributed by atoms with Crippen LogP contribution in [0, 0.1) is 0 Å². The Labute approximate surface area is 88.4 Å². The maximum atomic E-state index is 11.3. The lowest BCUT2D eigenvalue weighted by Gasteiger charge is -2.25. The number of hydrogen-bond acceptors (Lipinski definition) is 4. The summed E-state index contributed by atoms with van der Waals surface area (Å²) in [5.41, 5.74) is 0. The predicted octanol–water partition coefficient (Wildman–Crippen LogP) is 0.0880. The van der Waals surface area contributed by atoms with Gasteiger partial charge in [-0.2, -0.15) is 11.8 Å². The maximum Gasteiger partial charge on any atom is 0.243 e. The first-order valence-electron chi connectivity index (χ1n) is 4.87. The summed E-state index contributed by atoms with van der Waals surface area (Å²) in [6.45, 7) is 3.28. The van der Waals surface area contributed by atoms with Crippen LogP contribution >= 0.6 is 11.8 Å². The van der Waals surface area contributed by atoms with E-state index in [1.54, 1.807) is 0 Å². The molecule has 0 aromatic rings. The first-order chi connectivity index (χ1) is 6.75. The molecule has 0 aliphatic carbocycles. The van der Waals surface area contributed by atoms with Gasteiger partial charge in [0.1, 0.15) is 0 Å². The number of nitrogens with one attached hydrogen (secondary N) is 1. The molecule has 0 aromatic carbocycles. The van der Waals surface area contributed by atoms with Crippen LogP contribution in [0.4, 0.5) is 0 Å². The Balaban J connectivity index is 2.26. The van der Waals surface area contributed by atoms with E-state index in [0.717, 1.165) is 17.9 Å². The van der Waals surface area contributed by atoms with Gasteiger partial charge in [-0.3, -0.25) is 19.8 Å². The van der Waals surface area contributed by atoms with Crippen molar-refractivity contribution in [2.45, 2.75) is 13.3 Å². The smallest absolute Gasteiger partial charge is 0.243 e. The zero-order chi connectivity index (χ0) is 10.4. The number of nitrogens with zero attached hydrogens (tertiary/aromatic N) is 1. The molecule has 80 valence electrons. The van der Waals surface area contributed by atoms with E-state index >= 15 is 0 Å². The second kappa shape index (κ2) is 6.03. The summed E-state index contributed by atoms with van der Waals surface area (Å²) in [6.07, 6.45) is 0.899. The Hall–Kier alpha value is -0.550. The SMILES string of the molecule is CCSCCCN1C(=O)CNCC1=O. The Bertz CT molecular complexity index is 205. The van der Waals surface area contributed by atoms with Gasteiger partial charge in [0, 0.05) is 6.54 Å². The highest BCUT2D eigenvalue weighted by molar-refractivity contribution is 7.99. The van der Waals surface area contributed by atoms with Gasteiger partial charge in [0.15, 0.2) is 0 Å². The highest BCUT2D eigenvalue weighted by atomic mass is 32.2. The maximum absolute atomic E-state index is 11.3. The number of thioether (sulfide) groups is 1. The normalized spacial score (nSPS) is 17.6. The van der Waals surface area contributed by atoms with Crippen LogP contribution < -0.4 is 5.32 Å². The molecule has 1 aliphatic rings. The van der Waals surface area contributed by atoms with Crippen LogP contribution in [-0.4, -0.2) is 47.9 Å². The molecule has 1 rings (SSSR count). The largest absolute Gasteiger partial charge is 0.300 e. The lowest BCUT2D eigenvalue weighted by molar-refractivity contribution is -0.146. The molecule has 1 fully saturated rings. The van der Waals surface area contributed by atoms with Crippen LogP contribution in [0.2, 0.25) is 0 Å². The summed E-state index contributed by atoms with van der Waals surface area (Å²) >= 11 is 1.83. The fraction of sp³-hybridized carbons (Fsp3) is 0.778. The number of rotatable bonds is 5. The van der Waals surface area contributed by atoms with Gasteiger partial charge in [0.05, 0.1) is 13.1 Å². The fourth-order valence-electron chi connectivity index (χ4n) is 1.32. The van der Waals surface area contributed by atoms with Crippen LogP contribution in [0.5, 0.6) is 0 Å². The molecule has 0 radical (unpaired) electrons. The number of amides is 2. The summed E-state index contributed by atoms with van der Waals surface area (Å²) in [4.78, 5) is 24.0. The third-order valence-corrected chi connectivity index (χ3v) is 3.01. The first-order valence-corrected chi connectivity index (χ1v) is 6.03. The third kappa shape index (κ3) is 3.31. The topological polar surface area (TPSA) is 49.4 Å². The van der Waals surface area contributed by atoms with E-state index in [0.29, 0.717) is 19.6 Å². The van der Waals surface area contributed by atoms with E-state index in [-0.39, 0.29) is 11.8 Å². The average Bonchev–Trinajstić information content (AvgIpc) is 2.16. The van der Waals surface area contributed by atoms with E-state index in [1.807, 2.05) is 11.8 Å².